The van der Waals surface area contributed by atoms with Crippen molar-refractivity contribution in [1.82, 2.24) is 4.72 Å². The van der Waals surface area contributed by atoms with E-state index in [9.17, 15) is 8.42 Å². The van der Waals surface area contributed by atoms with Crippen molar-refractivity contribution in [3.05, 3.63) is 0 Å². The molecule has 16 heavy (non-hydrogen) atoms. The topological polar surface area (TPSA) is 81.4 Å². The van der Waals surface area contributed by atoms with E-state index < -0.39 is 10.0 Å². The van der Waals surface area contributed by atoms with Gasteiger partial charge in [0.1, 0.15) is 0 Å². The van der Waals surface area contributed by atoms with Crippen LogP contribution in [0, 0.1) is 0 Å². The molecule has 1 aliphatic carbocycles. The van der Waals surface area contributed by atoms with E-state index in [-0.39, 0.29) is 30.5 Å². The maximum Gasteiger partial charge on any atom is 0.214 e. The summed E-state index contributed by atoms with van der Waals surface area (Å²) in [6.45, 7) is 3.99. The van der Waals surface area contributed by atoms with Crippen LogP contribution in [0.3, 0.4) is 0 Å². The first-order chi connectivity index (χ1) is 7.41. The van der Waals surface area contributed by atoms with Crippen LogP contribution in [0.4, 0.5) is 0 Å². The van der Waals surface area contributed by atoms with Crippen molar-refractivity contribution in [3.63, 3.8) is 0 Å². The summed E-state index contributed by atoms with van der Waals surface area (Å²) >= 11 is 0. The van der Waals surface area contributed by atoms with Gasteiger partial charge in [0, 0.05) is 12.1 Å². The predicted molar refractivity (Wildman–Crippen MR) is 63.6 cm³/mol. The highest BCUT2D eigenvalue weighted by atomic mass is 32.2. The smallest absolute Gasteiger partial charge is 0.214 e. The Morgan fingerprint density at radius 2 is 2.12 bits per heavy atom. The number of sulfonamides is 1. The standard InChI is InChI=1S/C10H22N2O3S/c1-8(2)15-6-7-16(13,14)12-10-5-3-4-9(10)11/h8-10,12H,3-7,11H2,1-2H3. The average Bonchev–Trinajstić information content (AvgIpc) is 2.50. The first-order valence-corrected chi connectivity index (χ1v) is 7.43. The van der Waals surface area contributed by atoms with Crippen molar-refractivity contribution in [2.75, 3.05) is 12.4 Å². The molecule has 0 aromatic heterocycles. The normalized spacial score (nSPS) is 26.5. The molecular formula is C10H22N2O3S. The van der Waals surface area contributed by atoms with Crippen LogP contribution in [0.5, 0.6) is 0 Å². The lowest BCUT2D eigenvalue weighted by Gasteiger charge is -2.17. The van der Waals surface area contributed by atoms with E-state index in [1.807, 2.05) is 13.8 Å². The van der Waals surface area contributed by atoms with Gasteiger partial charge in [-0.25, -0.2) is 13.1 Å². The average molecular weight is 250 g/mol. The predicted octanol–water partition coefficient (Wildman–Crippen LogP) is 0.211. The minimum absolute atomic E-state index is 0.00833. The summed E-state index contributed by atoms with van der Waals surface area (Å²) in [5.41, 5.74) is 5.80. The summed E-state index contributed by atoms with van der Waals surface area (Å²) in [5.74, 6) is 0.00833. The molecule has 1 rings (SSSR count). The van der Waals surface area contributed by atoms with Crippen LogP contribution in [-0.2, 0) is 14.8 Å². The molecule has 0 aromatic carbocycles. The van der Waals surface area contributed by atoms with Gasteiger partial charge in [-0.15, -0.1) is 0 Å². The number of hydrogen-bond donors (Lipinski definition) is 2. The van der Waals surface area contributed by atoms with Crippen molar-refractivity contribution in [1.29, 1.82) is 0 Å². The van der Waals surface area contributed by atoms with Crippen LogP contribution in [0.15, 0.2) is 0 Å². The van der Waals surface area contributed by atoms with Crippen LogP contribution in [0.2, 0.25) is 0 Å². The van der Waals surface area contributed by atoms with Crippen LogP contribution < -0.4 is 10.5 Å². The van der Waals surface area contributed by atoms with Crippen LogP contribution in [0.1, 0.15) is 33.1 Å². The highest BCUT2D eigenvalue weighted by Crippen LogP contribution is 2.17. The molecule has 0 aliphatic heterocycles. The monoisotopic (exact) mass is 250 g/mol. The maximum absolute atomic E-state index is 11.7. The third kappa shape index (κ3) is 4.78. The summed E-state index contributed by atoms with van der Waals surface area (Å²) in [6, 6.07) is -0.134. The van der Waals surface area contributed by atoms with E-state index in [0.717, 1.165) is 19.3 Å². The SMILES string of the molecule is CC(C)OCCS(=O)(=O)NC1CCCC1N. The molecule has 0 amide bonds. The molecule has 0 saturated heterocycles. The largest absolute Gasteiger partial charge is 0.378 e. The lowest BCUT2D eigenvalue weighted by Crippen LogP contribution is -2.45. The molecule has 1 saturated carbocycles. The Kier molecular flexibility index (Phi) is 5.17. The molecule has 6 heteroatoms. The zero-order chi connectivity index (χ0) is 12.2. The quantitative estimate of drug-likeness (QED) is 0.706. The molecule has 1 fully saturated rings. The Hall–Kier alpha value is -0.170. The van der Waals surface area contributed by atoms with Crippen molar-refractivity contribution >= 4 is 10.0 Å². The molecule has 2 atom stereocenters. The molecule has 0 spiro atoms. The fraction of sp³-hybridized carbons (Fsp3) is 1.00. The molecule has 0 bridgehead atoms. The number of rotatable bonds is 6. The third-order valence-electron chi connectivity index (χ3n) is 2.70. The van der Waals surface area contributed by atoms with E-state index in [1.54, 1.807) is 0 Å². The summed E-state index contributed by atoms with van der Waals surface area (Å²) in [5, 5.41) is 0. The van der Waals surface area contributed by atoms with Gasteiger partial charge in [-0.1, -0.05) is 6.42 Å². The van der Waals surface area contributed by atoms with E-state index in [2.05, 4.69) is 4.72 Å². The van der Waals surface area contributed by atoms with Gasteiger partial charge < -0.3 is 10.5 Å². The van der Waals surface area contributed by atoms with Crippen LogP contribution in [0.25, 0.3) is 0 Å². The van der Waals surface area contributed by atoms with Crippen molar-refractivity contribution < 1.29 is 13.2 Å². The molecule has 0 heterocycles. The lowest BCUT2D eigenvalue weighted by molar-refractivity contribution is 0.0911. The molecule has 2 unspecified atom stereocenters. The third-order valence-corrected chi connectivity index (χ3v) is 4.07. The van der Waals surface area contributed by atoms with E-state index in [1.165, 1.54) is 0 Å². The van der Waals surface area contributed by atoms with Crippen molar-refractivity contribution in [2.45, 2.75) is 51.3 Å². The molecular weight excluding hydrogens is 228 g/mol. The van der Waals surface area contributed by atoms with Gasteiger partial charge in [0.05, 0.1) is 18.5 Å². The highest BCUT2D eigenvalue weighted by Gasteiger charge is 2.27. The van der Waals surface area contributed by atoms with Gasteiger partial charge in [0.25, 0.3) is 0 Å². The summed E-state index contributed by atoms with van der Waals surface area (Å²) < 4.78 is 31.2. The van der Waals surface area contributed by atoms with Crippen molar-refractivity contribution in [3.8, 4) is 0 Å². The summed E-state index contributed by atoms with van der Waals surface area (Å²) in [4.78, 5) is 0. The first-order valence-electron chi connectivity index (χ1n) is 5.78. The van der Waals surface area contributed by atoms with Gasteiger partial charge in [-0.3, -0.25) is 0 Å². The molecule has 5 nitrogen and oxygen atoms in total. The Morgan fingerprint density at radius 1 is 1.44 bits per heavy atom. The van der Waals surface area contributed by atoms with Gasteiger partial charge in [0.2, 0.25) is 10.0 Å². The molecule has 0 aromatic rings. The Balaban J connectivity index is 2.33. The van der Waals surface area contributed by atoms with Crippen LogP contribution >= 0.6 is 0 Å². The van der Waals surface area contributed by atoms with Crippen LogP contribution in [-0.4, -0.2) is 39.0 Å². The minimum Gasteiger partial charge on any atom is -0.378 e. The second-order valence-electron chi connectivity index (χ2n) is 4.56. The fourth-order valence-electron chi connectivity index (χ4n) is 1.82. The second kappa shape index (κ2) is 5.95. The summed E-state index contributed by atoms with van der Waals surface area (Å²) in [6.07, 6.45) is 2.79. The van der Waals surface area contributed by atoms with Gasteiger partial charge >= 0.3 is 0 Å². The lowest BCUT2D eigenvalue weighted by atomic mass is 10.2. The Morgan fingerprint density at radius 3 is 2.62 bits per heavy atom. The van der Waals surface area contributed by atoms with Gasteiger partial charge in [-0.05, 0) is 26.7 Å². The van der Waals surface area contributed by atoms with E-state index >= 15 is 0 Å². The molecule has 96 valence electrons. The fourth-order valence-corrected chi connectivity index (χ4v) is 3.01. The number of nitrogens with two attached hydrogens (primary N) is 1. The molecule has 1 aliphatic rings. The highest BCUT2D eigenvalue weighted by molar-refractivity contribution is 7.89. The second-order valence-corrected chi connectivity index (χ2v) is 6.43. The Labute approximate surface area is 97.8 Å². The zero-order valence-electron chi connectivity index (χ0n) is 9.98. The number of hydrogen-bond acceptors (Lipinski definition) is 4. The minimum atomic E-state index is -3.25. The number of nitrogens with one attached hydrogen (secondary N) is 1. The number of ether oxygens (including phenoxy) is 1. The van der Waals surface area contributed by atoms with Crippen molar-refractivity contribution in [2.24, 2.45) is 5.73 Å². The Bertz CT molecular complexity index is 303. The zero-order valence-corrected chi connectivity index (χ0v) is 10.8. The van der Waals surface area contributed by atoms with Gasteiger partial charge in [0.15, 0.2) is 0 Å². The van der Waals surface area contributed by atoms with E-state index in [0.29, 0.717) is 0 Å². The first kappa shape index (κ1) is 13.9. The van der Waals surface area contributed by atoms with Gasteiger partial charge in [-0.2, -0.15) is 0 Å². The maximum atomic E-state index is 11.7. The molecule has 0 radical (unpaired) electrons. The van der Waals surface area contributed by atoms with E-state index in [4.69, 9.17) is 10.5 Å². The molecule has 3 N–H and O–H groups in total. The summed E-state index contributed by atoms with van der Waals surface area (Å²) in [7, 11) is -3.25.